The maximum atomic E-state index is 15.8. The quantitative estimate of drug-likeness (QED) is 0.728. The summed E-state index contributed by atoms with van der Waals surface area (Å²) in [6.45, 7) is 2.03. The normalized spacial score (nSPS) is 19.4. The highest BCUT2D eigenvalue weighted by Gasteiger charge is 2.50. The van der Waals surface area contributed by atoms with Gasteiger partial charge in [0, 0.05) is 43.7 Å². The minimum Gasteiger partial charge on any atom is -0.396 e. The van der Waals surface area contributed by atoms with E-state index in [1.54, 1.807) is 18.6 Å². The Morgan fingerprint density at radius 3 is 2.59 bits per heavy atom. The van der Waals surface area contributed by atoms with E-state index in [1.165, 1.54) is 0 Å². The Labute approximate surface area is 168 Å². The molecular weight excluding hydrogens is 371 g/mol. The molecule has 7 nitrogen and oxygen atoms in total. The highest BCUT2D eigenvalue weighted by Crippen LogP contribution is 2.41. The van der Waals surface area contributed by atoms with E-state index in [2.05, 4.69) is 24.8 Å². The van der Waals surface area contributed by atoms with Crippen LogP contribution < -0.4 is 9.80 Å². The summed E-state index contributed by atoms with van der Waals surface area (Å²) >= 11 is 0. The molecule has 1 aromatic carbocycles. The van der Waals surface area contributed by atoms with E-state index in [1.807, 2.05) is 29.2 Å². The monoisotopic (exact) mass is 394 g/mol. The highest BCUT2D eigenvalue weighted by atomic mass is 19.1. The number of halogens is 1. The molecule has 29 heavy (non-hydrogen) atoms. The highest BCUT2D eigenvalue weighted by molar-refractivity contribution is 5.78. The molecule has 0 saturated carbocycles. The Kier molecular flexibility index (Phi) is 4.50. The predicted octanol–water partition coefficient (Wildman–Crippen LogP) is 2.31. The maximum Gasteiger partial charge on any atom is 0.226 e. The Hall–Kier alpha value is -2.87. The molecule has 3 aromatic rings. The average Bonchev–Trinajstić information content (AvgIpc) is 2.76. The van der Waals surface area contributed by atoms with Gasteiger partial charge < -0.3 is 14.9 Å². The van der Waals surface area contributed by atoms with Crippen LogP contribution in [0.15, 0.2) is 42.9 Å². The van der Waals surface area contributed by atoms with Gasteiger partial charge in [-0.15, -0.1) is 0 Å². The molecule has 4 heterocycles. The molecule has 2 aromatic heterocycles. The number of nitrogens with zero attached hydrogens (tertiary/aromatic N) is 6. The molecule has 0 aliphatic carbocycles. The predicted molar refractivity (Wildman–Crippen MR) is 109 cm³/mol. The van der Waals surface area contributed by atoms with Gasteiger partial charge in [-0.05, 0) is 24.8 Å². The van der Waals surface area contributed by atoms with Crippen LogP contribution in [0, 0.1) is 5.92 Å². The summed E-state index contributed by atoms with van der Waals surface area (Å²) in [5, 5.41) is 10.3. The van der Waals surface area contributed by atoms with Crippen molar-refractivity contribution in [3.63, 3.8) is 0 Å². The second-order valence-corrected chi connectivity index (χ2v) is 7.89. The molecule has 0 radical (unpaired) electrons. The SMILES string of the molecule is OCC1CCN(c2nccnc2C2(F)CN(c3ncc4ccccc4n3)C2)CC1. The molecule has 2 saturated heterocycles. The third kappa shape index (κ3) is 3.27. The topological polar surface area (TPSA) is 78.3 Å². The zero-order chi connectivity index (χ0) is 19.8. The van der Waals surface area contributed by atoms with Gasteiger partial charge in [0.25, 0.3) is 0 Å². The Morgan fingerprint density at radius 2 is 1.79 bits per heavy atom. The van der Waals surface area contributed by atoms with E-state index in [-0.39, 0.29) is 19.7 Å². The van der Waals surface area contributed by atoms with Crippen LogP contribution in [0.2, 0.25) is 0 Å². The lowest BCUT2D eigenvalue weighted by Crippen LogP contribution is -2.58. The Bertz CT molecular complexity index is 1020. The van der Waals surface area contributed by atoms with Crippen LogP contribution >= 0.6 is 0 Å². The maximum absolute atomic E-state index is 15.8. The summed E-state index contributed by atoms with van der Waals surface area (Å²) in [7, 11) is 0. The van der Waals surface area contributed by atoms with Crippen molar-refractivity contribution in [1.29, 1.82) is 0 Å². The van der Waals surface area contributed by atoms with Gasteiger partial charge in [-0.25, -0.2) is 19.3 Å². The summed E-state index contributed by atoms with van der Waals surface area (Å²) in [5.74, 6) is 1.46. The molecule has 1 N–H and O–H groups in total. The number of hydrogen-bond acceptors (Lipinski definition) is 7. The van der Waals surface area contributed by atoms with Gasteiger partial charge in [0.15, 0.2) is 11.5 Å². The summed E-state index contributed by atoms with van der Waals surface area (Å²) in [4.78, 5) is 21.7. The van der Waals surface area contributed by atoms with Crippen LogP contribution in [0.25, 0.3) is 10.9 Å². The van der Waals surface area contributed by atoms with Crippen molar-refractivity contribution < 1.29 is 9.50 Å². The Morgan fingerprint density at radius 1 is 1.03 bits per heavy atom. The number of aromatic nitrogens is 4. The van der Waals surface area contributed by atoms with E-state index in [4.69, 9.17) is 0 Å². The average molecular weight is 394 g/mol. The van der Waals surface area contributed by atoms with Crippen molar-refractivity contribution in [1.82, 2.24) is 19.9 Å². The standard InChI is InChI=1S/C21H23FN6O/c22-21(13-28(14-21)20-25-11-16-3-1-2-4-17(16)26-20)18-19(24-8-7-23-18)27-9-5-15(12-29)6-10-27/h1-4,7-8,11,15,29H,5-6,9-10,12-14H2. The number of anilines is 2. The smallest absolute Gasteiger partial charge is 0.226 e. The van der Waals surface area contributed by atoms with Crippen LogP contribution in [-0.2, 0) is 5.67 Å². The number of aliphatic hydroxyl groups is 1. The van der Waals surface area contributed by atoms with E-state index in [0.29, 0.717) is 23.4 Å². The molecule has 2 fully saturated rings. The van der Waals surface area contributed by atoms with Crippen LogP contribution in [0.4, 0.5) is 16.2 Å². The molecule has 0 atom stereocenters. The summed E-state index contributed by atoms with van der Waals surface area (Å²) in [6, 6.07) is 7.77. The van der Waals surface area contributed by atoms with E-state index < -0.39 is 5.67 Å². The van der Waals surface area contributed by atoms with Crippen LogP contribution in [0.3, 0.4) is 0 Å². The first-order valence-corrected chi connectivity index (χ1v) is 9.99. The van der Waals surface area contributed by atoms with Gasteiger partial charge in [0.05, 0.1) is 18.6 Å². The zero-order valence-corrected chi connectivity index (χ0v) is 16.1. The third-order valence-corrected chi connectivity index (χ3v) is 5.92. The summed E-state index contributed by atoms with van der Waals surface area (Å²) < 4.78 is 15.8. The van der Waals surface area contributed by atoms with Gasteiger partial charge in [0.1, 0.15) is 5.69 Å². The number of para-hydroxylation sites is 1. The first-order chi connectivity index (χ1) is 14.2. The van der Waals surface area contributed by atoms with Crippen LogP contribution in [0.5, 0.6) is 0 Å². The van der Waals surface area contributed by atoms with Crippen molar-refractivity contribution in [2.75, 3.05) is 42.6 Å². The molecule has 5 rings (SSSR count). The molecule has 0 bridgehead atoms. The number of alkyl halides is 1. The lowest BCUT2D eigenvalue weighted by Gasteiger charge is -2.45. The molecular formula is C21H23FN6O. The fraction of sp³-hybridized carbons (Fsp3) is 0.429. The molecule has 0 unspecified atom stereocenters. The van der Waals surface area contributed by atoms with Gasteiger partial charge in [0.2, 0.25) is 5.95 Å². The first-order valence-electron chi connectivity index (χ1n) is 9.99. The molecule has 0 spiro atoms. The summed E-state index contributed by atoms with van der Waals surface area (Å²) in [5.41, 5.74) is -0.341. The van der Waals surface area contributed by atoms with Gasteiger partial charge in [-0.1, -0.05) is 18.2 Å². The Balaban J connectivity index is 1.36. The first kappa shape index (κ1) is 18.2. The number of rotatable bonds is 4. The molecule has 2 aliphatic rings. The number of piperidine rings is 1. The van der Waals surface area contributed by atoms with Crippen molar-refractivity contribution >= 4 is 22.7 Å². The number of benzene rings is 1. The van der Waals surface area contributed by atoms with E-state index in [0.717, 1.165) is 36.8 Å². The largest absolute Gasteiger partial charge is 0.396 e. The van der Waals surface area contributed by atoms with E-state index in [9.17, 15) is 5.11 Å². The van der Waals surface area contributed by atoms with Gasteiger partial charge >= 0.3 is 0 Å². The second-order valence-electron chi connectivity index (χ2n) is 7.89. The van der Waals surface area contributed by atoms with Crippen LogP contribution in [-0.4, -0.2) is 57.8 Å². The number of hydrogen-bond donors (Lipinski definition) is 1. The lowest BCUT2D eigenvalue weighted by molar-refractivity contribution is 0.112. The minimum atomic E-state index is -1.58. The minimum absolute atomic E-state index is 0.157. The van der Waals surface area contributed by atoms with Crippen LogP contribution in [0.1, 0.15) is 18.5 Å². The van der Waals surface area contributed by atoms with Gasteiger partial charge in [-0.2, -0.15) is 0 Å². The van der Waals surface area contributed by atoms with E-state index >= 15 is 4.39 Å². The lowest BCUT2D eigenvalue weighted by atomic mass is 9.91. The number of fused-ring (bicyclic) bond motifs is 1. The van der Waals surface area contributed by atoms with Crippen molar-refractivity contribution in [2.24, 2.45) is 5.92 Å². The molecule has 150 valence electrons. The zero-order valence-electron chi connectivity index (χ0n) is 16.1. The third-order valence-electron chi connectivity index (χ3n) is 5.92. The number of aliphatic hydroxyl groups excluding tert-OH is 1. The molecule has 2 aliphatic heterocycles. The summed E-state index contributed by atoms with van der Waals surface area (Å²) in [6.07, 6.45) is 6.69. The molecule has 0 amide bonds. The molecule has 8 heteroatoms. The van der Waals surface area contributed by atoms with Crippen molar-refractivity contribution in [3.8, 4) is 0 Å². The van der Waals surface area contributed by atoms with Gasteiger partial charge in [-0.3, -0.25) is 4.98 Å². The second kappa shape index (κ2) is 7.18. The van der Waals surface area contributed by atoms with Crippen molar-refractivity contribution in [3.05, 3.63) is 48.5 Å². The van der Waals surface area contributed by atoms with Crippen molar-refractivity contribution in [2.45, 2.75) is 18.5 Å². The fourth-order valence-corrected chi connectivity index (χ4v) is 4.17. The fourth-order valence-electron chi connectivity index (χ4n) is 4.17.